The average Bonchev–Trinajstić information content (AvgIpc) is 2.98. The predicted molar refractivity (Wildman–Crippen MR) is 106 cm³/mol. The lowest BCUT2D eigenvalue weighted by Gasteiger charge is -2.35. The van der Waals surface area contributed by atoms with Crippen molar-refractivity contribution in [3.05, 3.63) is 35.4 Å². The van der Waals surface area contributed by atoms with Crippen LogP contribution in [0.4, 0.5) is 0 Å². The third-order valence-corrected chi connectivity index (χ3v) is 5.97. The number of nitrogens with zero attached hydrogens (tertiary/aromatic N) is 2. The molecule has 0 aliphatic carbocycles. The molecule has 3 rings (SSSR count). The molecule has 0 spiro atoms. The highest BCUT2D eigenvalue weighted by Crippen LogP contribution is 2.22. The quantitative estimate of drug-likeness (QED) is 0.829. The first kappa shape index (κ1) is 19.2. The first-order valence-electron chi connectivity index (χ1n) is 9.42. The van der Waals surface area contributed by atoms with Crippen LogP contribution < -0.4 is 5.32 Å². The van der Waals surface area contributed by atoms with Crippen LogP contribution in [0, 0.1) is 11.8 Å². The maximum absolute atomic E-state index is 12.0. The third-order valence-electron chi connectivity index (χ3n) is 5.02. The van der Waals surface area contributed by atoms with E-state index in [-0.39, 0.29) is 18.4 Å². The summed E-state index contributed by atoms with van der Waals surface area (Å²) in [5, 5.41) is 2.91. The summed E-state index contributed by atoms with van der Waals surface area (Å²) in [6.45, 7) is 8.69. The highest BCUT2D eigenvalue weighted by atomic mass is 32.2. The van der Waals surface area contributed by atoms with E-state index in [0.717, 1.165) is 23.9 Å². The molecule has 2 atom stereocenters. The van der Waals surface area contributed by atoms with Crippen LogP contribution in [-0.4, -0.2) is 52.9 Å². The number of hydrogen-bond donors (Lipinski definition) is 1. The Balaban J connectivity index is 1.44. The smallest absolute Gasteiger partial charge is 0.239 e. The van der Waals surface area contributed by atoms with Gasteiger partial charge in [-0.1, -0.05) is 38.1 Å². The minimum atomic E-state index is -0.0961. The van der Waals surface area contributed by atoms with Gasteiger partial charge in [0.25, 0.3) is 0 Å². The Hall–Kier alpha value is -1.53. The molecule has 142 valence electrons. The first-order chi connectivity index (χ1) is 12.5. The highest BCUT2D eigenvalue weighted by molar-refractivity contribution is 8.00. The molecule has 2 amide bonds. The van der Waals surface area contributed by atoms with E-state index in [1.165, 1.54) is 25.1 Å². The lowest BCUT2D eigenvalue weighted by Crippen LogP contribution is -2.38. The minimum absolute atomic E-state index is 0.0517. The number of hydrogen-bond acceptors (Lipinski definition) is 4. The van der Waals surface area contributed by atoms with Gasteiger partial charge in [-0.15, -0.1) is 11.8 Å². The second-order valence-electron chi connectivity index (χ2n) is 7.80. The second-order valence-corrected chi connectivity index (χ2v) is 8.76. The first-order valence-corrected chi connectivity index (χ1v) is 10.6. The van der Waals surface area contributed by atoms with Crippen LogP contribution in [0.2, 0.25) is 0 Å². The molecule has 2 unspecified atom stereocenters. The lowest BCUT2D eigenvalue weighted by atomic mass is 9.91. The molecule has 2 aliphatic heterocycles. The molecule has 0 radical (unpaired) electrons. The van der Waals surface area contributed by atoms with Gasteiger partial charge in [0.05, 0.1) is 11.6 Å². The summed E-state index contributed by atoms with van der Waals surface area (Å²) in [6.07, 6.45) is 1.33. The zero-order valence-electron chi connectivity index (χ0n) is 15.7. The van der Waals surface area contributed by atoms with Crippen LogP contribution in [0.1, 0.15) is 31.4 Å². The average molecular weight is 376 g/mol. The summed E-state index contributed by atoms with van der Waals surface area (Å²) in [5.41, 5.74) is 2.41. The number of thioether (sulfide) groups is 1. The van der Waals surface area contributed by atoms with Gasteiger partial charge in [-0.2, -0.15) is 0 Å². The molecular weight excluding hydrogens is 346 g/mol. The Labute approximate surface area is 160 Å². The summed E-state index contributed by atoms with van der Waals surface area (Å²) in [6, 6.07) is 8.49. The van der Waals surface area contributed by atoms with Crippen LogP contribution in [0.5, 0.6) is 0 Å². The molecular formula is C20H29N3O2S. The predicted octanol–water partition coefficient (Wildman–Crippen LogP) is 2.31. The van der Waals surface area contributed by atoms with Gasteiger partial charge in [0.1, 0.15) is 6.54 Å². The second kappa shape index (κ2) is 8.91. The summed E-state index contributed by atoms with van der Waals surface area (Å²) in [7, 11) is 0. The summed E-state index contributed by atoms with van der Waals surface area (Å²) in [5.74, 6) is 2.61. The summed E-state index contributed by atoms with van der Waals surface area (Å²) >= 11 is 1.56. The minimum Gasteiger partial charge on any atom is -0.350 e. The highest BCUT2D eigenvalue weighted by Gasteiger charge is 2.23. The van der Waals surface area contributed by atoms with Crippen LogP contribution in [0.15, 0.2) is 24.3 Å². The van der Waals surface area contributed by atoms with Gasteiger partial charge in [0, 0.05) is 26.2 Å². The standard InChI is InChI=1S/C20H29N3O2S/c1-15-7-16(2)10-22(9-15)11-18-5-3-17(4-6-18)8-21-19(24)12-23-14-26-13-20(23)25/h3-6,15-16H,7-14H2,1-2H3,(H,21,24). The Morgan fingerprint density at radius 1 is 1.15 bits per heavy atom. The number of carbonyl (C=O) groups excluding carboxylic acids is 2. The number of piperidine rings is 1. The van der Waals surface area contributed by atoms with E-state index < -0.39 is 0 Å². The molecule has 2 heterocycles. The topological polar surface area (TPSA) is 52.7 Å². The van der Waals surface area contributed by atoms with Crippen molar-refractivity contribution >= 4 is 23.6 Å². The maximum atomic E-state index is 12.0. The molecule has 6 heteroatoms. The lowest BCUT2D eigenvalue weighted by molar-refractivity contribution is -0.132. The van der Waals surface area contributed by atoms with Gasteiger partial charge < -0.3 is 10.2 Å². The molecule has 1 aromatic carbocycles. The Morgan fingerprint density at radius 3 is 2.42 bits per heavy atom. The maximum Gasteiger partial charge on any atom is 0.239 e. The van der Waals surface area contributed by atoms with E-state index in [1.54, 1.807) is 16.7 Å². The van der Waals surface area contributed by atoms with Crippen molar-refractivity contribution in [1.82, 2.24) is 15.1 Å². The molecule has 0 bridgehead atoms. The molecule has 2 aliphatic rings. The fourth-order valence-corrected chi connectivity index (χ4v) is 4.82. The fraction of sp³-hybridized carbons (Fsp3) is 0.600. The number of amides is 2. The van der Waals surface area contributed by atoms with Crippen LogP contribution in [0.25, 0.3) is 0 Å². The van der Waals surface area contributed by atoms with E-state index >= 15 is 0 Å². The number of rotatable bonds is 6. The monoisotopic (exact) mass is 375 g/mol. The molecule has 1 aromatic rings. The summed E-state index contributed by atoms with van der Waals surface area (Å²) in [4.78, 5) is 27.7. The van der Waals surface area contributed by atoms with Gasteiger partial charge in [-0.3, -0.25) is 14.5 Å². The van der Waals surface area contributed by atoms with Crippen molar-refractivity contribution in [2.24, 2.45) is 11.8 Å². The van der Waals surface area contributed by atoms with Crippen molar-refractivity contribution in [2.45, 2.75) is 33.4 Å². The van der Waals surface area contributed by atoms with Crippen molar-refractivity contribution in [2.75, 3.05) is 31.3 Å². The normalized spacial score (nSPS) is 24.1. The van der Waals surface area contributed by atoms with Gasteiger partial charge in [-0.25, -0.2) is 0 Å². The molecule has 0 saturated carbocycles. The van der Waals surface area contributed by atoms with E-state index in [1.807, 2.05) is 0 Å². The molecule has 2 saturated heterocycles. The van der Waals surface area contributed by atoms with Crippen LogP contribution >= 0.6 is 11.8 Å². The van der Waals surface area contributed by atoms with Crippen molar-refractivity contribution in [1.29, 1.82) is 0 Å². The number of benzene rings is 1. The number of carbonyl (C=O) groups is 2. The Morgan fingerprint density at radius 2 is 1.81 bits per heavy atom. The van der Waals surface area contributed by atoms with Gasteiger partial charge in [0.2, 0.25) is 11.8 Å². The molecule has 5 nitrogen and oxygen atoms in total. The number of likely N-dealkylation sites (tertiary alicyclic amines) is 1. The van der Waals surface area contributed by atoms with E-state index in [4.69, 9.17) is 0 Å². The van der Waals surface area contributed by atoms with Crippen molar-refractivity contribution in [3.63, 3.8) is 0 Å². The van der Waals surface area contributed by atoms with Crippen molar-refractivity contribution < 1.29 is 9.59 Å². The fourth-order valence-electron chi connectivity index (χ4n) is 3.91. The Bertz CT molecular complexity index is 624. The number of nitrogens with one attached hydrogen (secondary N) is 1. The summed E-state index contributed by atoms with van der Waals surface area (Å²) < 4.78 is 0. The van der Waals surface area contributed by atoms with E-state index in [9.17, 15) is 9.59 Å². The molecule has 2 fully saturated rings. The SMILES string of the molecule is CC1CC(C)CN(Cc2ccc(CNC(=O)CN3CSCC3=O)cc2)C1. The van der Waals surface area contributed by atoms with Crippen LogP contribution in [-0.2, 0) is 22.7 Å². The van der Waals surface area contributed by atoms with Crippen molar-refractivity contribution in [3.8, 4) is 0 Å². The van der Waals surface area contributed by atoms with E-state index in [0.29, 0.717) is 18.2 Å². The molecule has 26 heavy (non-hydrogen) atoms. The van der Waals surface area contributed by atoms with Gasteiger partial charge in [0.15, 0.2) is 0 Å². The van der Waals surface area contributed by atoms with Gasteiger partial charge in [-0.05, 0) is 29.4 Å². The largest absolute Gasteiger partial charge is 0.350 e. The third kappa shape index (κ3) is 5.48. The van der Waals surface area contributed by atoms with Crippen LogP contribution in [0.3, 0.4) is 0 Å². The Kier molecular flexibility index (Phi) is 6.59. The molecule has 0 aromatic heterocycles. The van der Waals surface area contributed by atoms with Gasteiger partial charge >= 0.3 is 0 Å². The zero-order chi connectivity index (χ0) is 18.5. The molecule has 1 N–H and O–H groups in total. The zero-order valence-corrected chi connectivity index (χ0v) is 16.6. The van der Waals surface area contributed by atoms with E-state index in [2.05, 4.69) is 48.3 Å².